The van der Waals surface area contributed by atoms with E-state index in [-0.39, 0.29) is 31.4 Å². The standard InChI is InChI=1S/C17H17FN4O2/c1-21-11-20-15-8-13(9-19-16(15)21)17(24)22(6-7-23)10-12-2-4-14(18)5-3-12/h2-5,8-9,11,23H,6-7,10H2,1H3. The number of amides is 1. The van der Waals surface area contributed by atoms with Crippen molar-refractivity contribution in [2.24, 2.45) is 7.05 Å². The summed E-state index contributed by atoms with van der Waals surface area (Å²) >= 11 is 0. The van der Waals surface area contributed by atoms with E-state index in [0.29, 0.717) is 16.7 Å². The minimum absolute atomic E-state index is 0.161. The molecule has 0 aliphatic heterocycles. The first-order chi connectivity index (χ1) is 11.6. The van der Waals surface area contributed by atoms with E-state index in [1.807, 2.05) is 7.05 Å². The van der Waals surface area contributed by atoms with Crippen LogP contribution in [0.25, 0.3) is 11.2 Å². The quantitative estimate of drug-likeness (QED) is 0.774. The van der Waals surface area contributed by atoms with Crippen LogP contribution in [0.4, 0.5) is 4.39 Å². The first kappa shape index (κ1) is 16.1. The zero-order valence-electron chi connectivity index (χ0n) is 13.2. The number of halogens is 1. The number of imidazole rings is 1. The Morgan fingerprint density at radius 2 is 2.04 bits per heavy atom. The summed E-state index contributed by atoms with van der Waals surface area (Å²) in [5.74, 6) is -0.586. The molecular formula is C17H17FN4O2. The van der Waals surface area contributed by atoms with E-state index in [1.54, 1.807) is 29.1 Å². The molecule has 24 heavy (non-hydrogen) atoms. The summed E-state index contributed by atoms with van der Waals surface area (Å²) in [5, 5.41) is 9.24. The molecule has 2 heterocycles. The van der Waals surface area contributed by atoms with Crippen molar-refractivity contribution in [3.8, 4) is 0 Å². The van der Waals surface area contributed by atoms with Crippen LogP contribution in [0, 0.1) is 5.82 Å². The van der Waals surface area contributed by atoms with Crippen molar-refractivity contribution in [3.05, 3.63) is 59.8 Å². The van der Waals surface area contributed by atoms with Gasteiger partial charge in [0.25, 0.3) is 5.91 Å². The van der Waals surface area contributed by atoms with Crippen LogP contribution in [0.2, 0.25) is 0 Å². The summed E-state index contributed by atoms with van der Waals surface area (Å²) in [6.07, 6.45) is 3.14. The van der Waals surface area contributed by atoms with E-state index < -0.39 is 0 Å². The van der Waals surface area contributed by atoms with Gasteiger partial charge in [0.2, 0.25) is 0 Å². The van der Waals surface area contributed by atoms with Gasteiger partial charge in [-0.1, -0.05) is 12.1 Å². The Morgan fingerprint density at radius 3 is 2.75 bits per heavy atom. The number of fused-ring (bicyclic) bond motifs is 1. The lowest BCUT2D eigenvalue weighted by atomic mass is 10.1. The van der Waals surface area contributed by atoms with Crippen LogP contribution < -0.4 is 0 Å². The highest BCUT2D eigenvalue weighted by atomic mass is 19.1. The second-order valence-corrected chi connectivity index (χ2v) is 5.50. The van der Waals surface area contributed by atoms with Crippen molar-refractivity contribution in [1.29, 1.82) is 0 Å². The third-order valence-corrected chi connectivity index (χ3v) is 3.74. The van der Waals surface area contributed by atoms with E-state index in [1.165, 1.54) is 23.2 Å². The van der Waals surface area contributed by atoms with Crippen LogP contribution in [0.3, 0.4) is 0 Å². The second-order valence-electron chi connectivity index (χ2n) is 5.50. The summed E-state index contributed by atoms with van der Waals surface area (Å²) in [7, 11) is 1.83. The summed E-state index contributed by atoms with van der Waals surface area (Å²) in [4.78, 5) is 22.7. The number of aliphatic hydroxyl groups excluding tert-OH is 1. The van der Waals surface area contributed by atoms with Gasteiger partial charge in [0.15, 0.2) is 5.65 Å². The largest absolute Gasteiger partial charge is 0.395 e. The number of benzene rings is 1. The molecule has 0 aliphatic carbocycles. The molecule has 124 valence electrons. The van der Waals surface area contributed by atoms with Crippen LogP contribution in [0.5, 0.6) is 0 Å². The molecule has 0 saturated heterocycles. The summed E-state index contributed by atoms with van der Waals surface area (Å²) in [6.45, 7) is 0.294. The molecule has 0 bridgehead atoms. The number of hydrogen-bond acceptors (Lipinski definition) is 4. The van der Waals surface area contributed by atoms with E-state index in [9.17, 15) is 14.3 Å². The SMILES string of the molecule is Cn1cnc2cc(C(=O)N(CCO)Cc3ccc(F)cc3)cnc21. The van der Waals surface area contributed by atoms with Gasteiger partial charge in [-0.25, -0.2) is 14.4 Å². The molecule has 1 N–H and O–H groups in total. The number of pyridine rings is 1. The number of nitrogens with zero attached hydrogens (tertiary/aromatic N) is 4. The normalized spacial score (nSPS) is 11.0. The van der Waals surface area contributed by atoms with E-state index >= 15 is 0 Å². The first-order valence-electron chi connectivity index (χ1n) is 7.50. The van der Waals surface area contributed by atoms with Gasteiger partial charge in [-0.05, 0) is 23.8 Å². The molecule has 0 aliphatic rings. The van der Waals surface area contributed by atoms with Gasteiger partial charge in [0, 0.05) is 26.3 Å². The highest BCUT2D eigenvalue weighted by molar-refractivity contribution is 5.96. The van der Waals surface area contributed by atoms with E-state index in [2.05, 4.69) is 9.97 Å². The minimum Gasteiger partial charge on any atom is -0.395 e. The molecule has 3 aromatic rings. The van der Waals surface area contributed by atoms with Crippen LogP contribution in [0.1, 0.15) is 15.9 Å². The van der Waals surface area contributed by atoms with Crippen LogP contribution in [-0.4, -0.2) is 43.6 Å². The molecule has 0 spiro atoms. The van der Waals surface area contributed by atoms with Gasteiger partial charge >= 0.3 is 0 Å². The molecule has 0 atom stereocenters. The van der Waals surface area contributed by atoms with Gasteiger partial charge in [-0.15, -0.1) is 0 Å². The number of rotatable bonds is 5. The molecule has 0 radical (unpaired) electrons. The van der Waals surface area contributed by atoms with Gasteiger partial charge in [-0.2, -0.15) is 0 Å². The Hall–Kier alpha value is -2.80. The van der Waals surface area contributed by atoms with Crippen molar-refractivity contribution in [2.45, 2.75) is 6.54 Å². The van der Waals surface area contributed by atoms with E-state index in [4.69, 9.17) is 0 Å². The molecule has 3 rings (SSSR count). The van der Waals surface area contributed by atoms with E-state index in [0.717, 1.165) is 5.56 Å². The van der Waals surface area contributed by atoms with Crippen molar-refractivity contribution in [2.75, 3.05) is 13.2 Å². The highest BCUT2D eigenvalue weighted by Crippen LogP contribution is 2.14. The fourth-order valence-electron chi connectivity index (χ4n) is 2.50. The number of aliphatic hydroxyl groups is 1. The third-order valence-electron chi connectivity index (χ3n) is 3.74. The Bertz CT molecular complexity index is 861. The molecule has 2 aromatic heterocycles. The number of carbonyl (C=O) groups is 1. The monoisotopic (exact) mass is 328 g/mol. The fraction of sp³-hybridized carbons (Fsp3) is 0.235. The zero-order chi connectivity index (χ0) is 17.1. The summed E-state index contributed by atoms with van der Waals surface area (Å²) in [5.41, 5.74) is 2.51. The number of carbonyl (C=O) groups excluding carboxylic acids is 1. The van der Waals surface area contributed by atoms with Gasteiger partial charge in [0.05, 0.1) is 18.5 Å². The van der Waals surface area contributed by atoms with Gasteiger partial charge in [0.1, 0.15) is 11.3 Å². The lowest BCUT2D eigenvalue weighted by molar-refractivity contribution is 0.0707. The Balaban J connectivity index is 1.85. The van der Waals surface area contributed by atoms with Crippen LogP contribution in [0.15, 0.2) is 42.9 Å². The Kier molecular flexibility index (Phi) is 4.52. The fourth-order valence-corrected chi connectivity index (χ4v) is 2.50. The Labute approximate surface area is 138 Å². The number of hydrogen-bond donors (Lipinski definition) is 1. The Morgan fingerprint density at radius 1 is 1.29 bits per heavy atom. The molecule has 0 unspecified atom stereocenters. The lowest BCUT2D eigenvalue weighted by Gasteiger charge is -2.22. The molecule has 1 amide bonds. The van der Waals surface area contributed by atoms with Crippen molar-refractivity contribution >= 4 is 17.1 Å². The maximum absolute atomic E-state index is 13.0. The maximum Gasteiger partial charge on any atom is 0.255 e. The van der Waals surface area contributed by atoms with Crippen LogP contribution in [-0.2, 0) is 13.6 Å². The zero-order valence-corrected chi connectivity index (χ0v) is 13.2. The molecule has 1 aromatic carbocycles. The maximum atomic E-state index is 13.0. The molecule has 6 nitrogen and oxygen atoms in total. The predicted molar refractivity (Wildman–Crippen MR) is 86.7 cm³/mol. The van der Waals surface area contributed by atoms with Crippen molar-refractivity contribution in [1.82, 2.24) is 19.4 Å². The second kappa shape index (κ2) is 6.76. The minimum atomic E-state index is -0.330. The van der Waals surface area contributed by atoms with Crippen molar-refractivity contribution in [3.63, 3.8) is 0 Å². The van der Waals surface area contributed by atoms with Crippen LogP contribution >= 0.6 is 0 Å². The molecule has 7 heteroatoms. The average Bonchev–Trinajstić information content (AvgIpc) is 2.96. The molecular weight excluding hydrogens is 311 g/mol. The highest BCUT2D eigenvalue weighted by Gasteiger charge is 2.17. The topological polar surface area (TPSA) is 71.2 Å². The number of aryl methyl sites for hydroxylation is 1. The summed E-state index contributed by atoms with van der Waals surface area (Å²) < 4.78 is 14.8. The van der Waals surface area contributed by atoms with Gasteiger partial charge in [-0.3, -0.25) is 4.79 Å². The summed E-state index contributed by atoms with van der Waals surface area (Å²) in [6, 6.07) is 7.61. The first-order valence-corrected chi connectivity index (χ1v) is 7.50. The van der Waals surface area contributed by atoms with Gasteiger partial charge < -0.3 is 14.6 Å². The van der Waals surface area contributed by atoms with Crippen molar-refractivity contribution < 1.29 is 14.3 Å². The third kappa shape index (κ3) is 3.26. The average molecular weight is 328 g/mol. The predicted octanol–water partition coefficient (Wildman–Crippen LogP) is 1.74. The smallest absolute Gasteiger partial charge is 0.255 e. The number of aromatic nitrogens is 3. The molecule has 0 fully saturated rings. The molecule has 0 saturated carbocycles. The lowest BCUT2D eigenvalue weighted by Crippen LogP contribution is -2.33.